The zero-order valence-corrected chi connectivity index (χ0v) is 18.5. The fraction of sp³-hybridized carbons (Fsp3) is 0.400. The van der Waals surface area contributed by atoms with E-state index in [1.807, 2.05) is 13.8 Å². The van der Waals surface area contributed by atoms with Gasteiger partial charge in [0.2, 0.25) is 0 Å². The molecule has 7 heteroatoms. The largest absolute Gasteiger partial charge is 0.459 e. The summed E-state index contributed by atoms with van der Waals surface area (Å²) in [6.07, 6.45) is 2.32. The molecule has 3 N–H and O–H groups in total. The Morgan fingerprint density at radius 3 is 2.37 bits per heavy atom. The Balaban J connectivity index is 0.00000364. The van der Waals surface area contributed by atoms with E-state index in [1.165, 1.54) is 17.4 Å². The van der Waals surface area contributed by atoms with E-state index in [4.69, 9.17) is 4.42 Å². The number of hydrogen-bond acceptors (Lipinski definition) is 3. The minimum Gasteiger partial charge on any atom is -0.459 e. The van der Waals surface area contributed by atoms with Gasteiger partial charge in [-0.25, -0.2) is 4.99 Å². The summed E-state index contributed by atoms with van der Waals surface area (Å²) in [6, 6.07) is 10.1. The van der Waals surface area contributed by atoms with Crippen LogP contribution in [0, 0.1) is 13.8 Å². The number of rotatable bonds is 8. The normalized spacial score (nSPS) is 10.9. The van der Waals surface area contributed by atoms with E-state index < -0.39 is 0 Å². The van der Waals surface area contributed by atoms with Crippen molar-refractivity contribution in [1.29, 1.82) is 0 Å². The van der Waals surface area contributed by atoms with E-state index in [2.05, 4.69) is 52.1 Å². The first-order chi connectivity index (χ1) is 12.6. The molecule has 2 rings (SSSR count). The van der Waals surface area contributed by atoms with Crippen LogP contribution >= 0.6 is 24.0 Å². The van der Waals surface area contributed by atoms with Gasteiger partial charge in [-0.1, -0.05) is 29.8 Å². The number of aliphatic imine (C=N–C) groups is 1. The Kier molecular flexibility index (Phi) is 10.5. The molecule has 0 atom stereocenters. The number of nitrogens with zero attached hydrogens (tertiary/aromatic N) is 1. The number of nitrogens with one attached hydrogen (secondary N) is 3. The highest BCUT2D eigenvalue weighted by atomic mass is 127. The number of carbonyl (C=O) groups excluding carboxylic acids is 1. The molecule has 0 saturated carbocycles. The molecule has 27 heavy (non-hydrogen) atoms. The lowest BCUT2D eigenvalue weighted by Gasteiger charge is -2.11. The van der Waals surface area contributed by atoms with Crippen molar-refractivity contribution in [2.75, 3.05) is 19.6 Å². The van der Waals surface area contributed by atoms with Gasteiger partial charge in [-0.3, -0.25) is 4.79 Å². The highest BCUT2D eigenvalue weighted by Crippen LogP contribution is 2.08. The topological polar surface area (TPSA) is 78.7 Å². The highest BCUT2D eigenvalue weighted by Gasteiger charge is 2.11. The fourth-order valence-corrected chi connectivity index (χ4v) is 2.39. The SMILES string of the molecule is CCNC(=NCc1ccc(C)cc1)NCCCNC(=O)c1occc1C.I. The van der Waals surface area contributed by atoms with Crippen molar-refractivity contribution in [2.45, 2.75) is 33.7 Å². The summed E-state index contributed by atoms with van der Waals surface area (Å²) in [6.45, 7) is 8.69. The summed E-state index contributed by atoms with van der Waals surface area (Å²) in [5.74, 6) is 0.986. The van der Waals surface area contributed by atoms with Crippen LogP contribution in [0.3, 0.4) is 0 Å². The third-order valence-electron chi connectivity index (χ3n) is 3.88. The van der Waals surface area contributed by atoms with Crippen molar-refractivity contribution in [3.63, 3.8) is 0 Å². The minimum atomic E-state index is -0.174. The van der Waals surface area contributed by atoms with Crippen LogP contribution in [0.2, 0.25) is 0 Å². The van der Waals surface area contributed by atoms with Crippen molar-refractivity contribution in [1.82, 2.24) is 16.0 Å². The van der Waals surface area contributed by atoms with Crippen molar-refractivity contribution < 1.29 is 9.21 Å². The Labute approximate surface area is 178 Å². The number of furan rings is 1. The number of amides is 1. The van der Waals surface area contributed by atoms with Gasteiger partial charge in [-0.15, -0.1) is 24.0 Å². The second-order valence-electron chi connectivity index (χ2n) is 6.15. The van der Waals surface area contributed by atoms with Gasteiger partial charge in [0.15, 0.2) is 11.7 Å². The monoisotopic (exact) mass is 484 g/mol. The van der Waals surface area contributed by atoms with Gasteiger partial charge < -0.3 is 20.4 Å². The zero-order valence-electron chi connectivity index (χ0n) is 16.2. The Hall–Kier alpha value is -2.03. The van der Waals surface area contributed by atoms with E-state index in [9.17, 15) is 4.79 Å². The number of hydrogen-bond donors (Lipinski definition) is 3. The summed E-state index contributed by atoms with van der Waals surface area (Å²) >= 11 is 0. The molecule has 1 aromatic carbocycles. The number of halogens is 1. The maximum absolute atomic E-state index is 11.9. The van der Waals surface area contributed by atoms with E-state index in [0.717, 1.165) is 31.0 Å². The molecule has 0 aliphatic rings. The van der Waals surface area contributed by atoms with Crippen LogP contribution in [-0.4, -0.2) is 31.5 Å². The van der Waals surface area contributed by atoms with Crippen LogP contribution in [0.15, 0.2) is 46.0 Å². The van der Waals surface area contributed by atoms with E-state index in [0.29, 0.717) is 18.8 Å². The van der Waals surface area contributed by atoms with Gasteiger partial charge in [0.05, 0.1) is 12.8 Å². The van der Waals surface area contributed by atoms with Crippen LogP contribution in [0.5, 0.6) is 0 Å². The summed E-state index contributed by atoms with van der Waals surface area (Å²) < 4.78 is 5.18. The molecule has 0 bridgehead atoms. The Morgan fingerprint density at radius 2 is 1.74 bits per heavy atom. The molecular weight excluding hydrogens is 455 g/mol. The van der Waals surface area contributed by atoms with Crippen LogP contribution < -0.4 is 16.0 Å². The Bertz CT molecular complexity index is 726. The van der Waals surface area contributed by atoms with Gasteiger partial charge in [0.25, 0.3) is 5.91 Å². The third kappa shape index (κ3) is 8.03. The molecule has 6 nitrogen and oxygen atoms in total. The van der Waals surface area contributed by atoms with Crippen LogP contribution in [0.25, 0.3) is 0 Å². The molecule has 2 aromatic rings. The van der Waals surface area contributed by atoms with Gasteiger partial charge in [0.1, 0.15) is 0 Å². The lowest BCUT2D eigenvalue weighted by Crippen LogP contribution is -2.38. The standard InChI is InChI=1S/C20H28N4O2.HI/c1-4-21-20(24-14-17-8-6-15(2)7-9-17)23-12-5-11-22-19(25)18-16(3)10-13-26-18;/h6-10,13H,4-5,11-12,14H2,1-3H3,(H,22,25)(H2,21,23,24);1H. The van der Waals surface area contributed by atoms with Gasteiger partial charge in [0, 0.05) is 25.2 Å². The zero-order chi connectivity index (χ0) is 18.8. The van der Waals surface area contributed by atoms with Gasteiger partial charge in [-0.2, -0.15) is 0 Å². The first-order valence-corrected chi connectivity index (χ1v) is 9.00. The molecule has 0 aliphatic heterocycles. The van der Waals surface area contributed by atoms with Crippen LogP contribution in [-0.2, 0) is 6.54 Å². The van der Waals surface area contributed by atoms with Crippen molar-refractivity contribution >= 4 is 35.8 Å². The summed E-state index contributed by atoms with van der Waals surface area (Å²) in [7, 11) is 0. The molecular formula is C20H29IN4O2. The average Bonchev–Trinajstić information content (AvgIpc) is 3.06. The van der Waals surface area contributed by atoms with Crippen molar-refractivity contribution in [3.8, 4) is 0 Å². The first kappa shape index (κ1) is 23.0. The molecule has 1 amide bonds. The molecule has 148 valence electrons. The van der Waals surface area contributed by atoms with E-state index in [1.54, 1.807) is 6.07 Å². The molecule has 0 spiro atoms. The summed E-state index contributed by atoms with van der Waals surface area (Å²) in [5.41, 5.74) is 3.27. The summed E-state index contributed by atoms with van der Waals surface area (Å²) in [4.78, 5) is 16.5. The molecule has 0 aliphatic carbocycles. The fourth-order valence-electron chi connectivity index (χ4n) is 2.39. The van der Waals surface area contributed by atoms with Gasteiger partial charge in [-0.05, 0) is 38.8 Å². The van der Waals surface area contributed by atoms with Crippen LogP contribution in [0.4, 0.5) is 0 Å². The molecule has 1 heterocycles. The molecule has 0 fully saturated rings. The van der Waals surface area contributed by atoms with Crippen molar-refractivity contribution in [3.05, 3.63) is 59.0 Å². The molecule has 0 radical (unpaired) electrons. The average molecular weight is 484 g/mol. The van der Waals surface area contributed by atoms with Crippen molar-refractivity contribution in [2.24, 2.45) is 4.99 Å². The van der Waals surface area contributed by atoms with E-state index in [-0.39, 0.29) is 29.9 Å². The number of benzene rings is 1. The predicted molar refractivity (Wildman–Crippen MR) is 120 cm³/mol. The number of carbonyl (C=O) groups is 1. The lowest BCUT2D eigenvalue weighted by atomic mass is 10.1. The van der Waals surface area contributed by atoms with Gasteiger partial charge >= 0.3 is 0 Å². The predicted octanol–water partition coefficient (Wildman–Crippen LogP) is 3.39. The lowest BCUT2D eigenvalue weighted by molar-refractivity contribution is 0.0925. The number of guanidine groups is 1. The minimum absolute atomic E-state index is 0. The van der Waals surface area contributed by atoms with E-state index >= 15 is 0 Å². The number of aryl methyl sites for hydroxylation is 2. The quantitative estimate of drug-likeness (QED) is 0.232. The second-order valence-corrected chi connectivity index (χ2v) is 6.15. The third-order valence-corrected chi connectivity index (χ3v) is 3.88. The highest BCUT2D eigenvalue weighted by molar-refractivity contribution is 14.0. The molecule has 0 unspecified atom stereocenters. The molecule has 1 aromatic heterocycles. The molecule has 0 saturated heterocycles. The van der Waals surface area contributed by atoms with Crippen LogP contribution in [0.1, 0.15) is 40.6 Å². The smallest absolute Gasteiger partial charge is 0.287 e. The first-order valence-electron chi connectivity index (χ1n) is 9.00. The second kappa shape index (κ2) is 12.4. The maximum Gasteiger partial charge on any atom is 0.287 e. The maximum atomic E-state index is 11.9. The summed E-state index contributed by atoms with van der Waals surface area (Å²) in [5, 5.41) is 9.38. The Morgan fingerprint density at radius 1 is 1.04 bits per heavy atom.